The van der Waals surface area contributed by atoms with Crippen LogP contribution in [0.25, 0.3) is 0 Å². The summed E-state index contributed by atoms with van der Waals surface area (Å²) >= 11 is 0. The third-order valence-corrected chi connectivity index (χ3v) is 4.40. The molecule has 3 heteroatoms. The van der Waals surface area contributed by atoms with Crippen LogP contribution >= 0.6 is 0 Å². The van der Waals surface area contributed by atoms with Crippen LogP contribution in [0.4, 0.5) is 0 Å². The third-order valence-electron chi connectivity index (χ3n) is 4.40. The molecule has 1 aliphatic heterocycles. The Kier molecular flexibility index (Phi) is 4.43. The summed E-state index contributed by atoms with van der Waals surface area (Å²) in [6.45, 7) is 6.26. The first-order valence-electron chi connectivity index (χ1n) is 7.16. The lowest BCUT2D eigenvalue weighted by Crippen LogP contribution is -2.44. The van der Waals surface area contributed by atoms with Gasteiger partial charge in [0.05, 0.1) is 5.92 Å². The first kappa shape index (κ1) is 12.9. The fourth-order valence-corrected chi connectivity index (χ4v) is 3.12. The van der Waals surface area contributed by atoms with Gasteiger partial charge in [-0.2, -0.15) is 0 Å². The minimum Gasteiger partial charge on any atom is -0.356 e. The maximum atomic E-state index is 12.0. The van der Waals surface area contributed by atoms with Crippen LogP contribution in [0.2, 0.25) is 0 Å². The minimum absolute atomic E-state index is 0.199. The Labute approximate surface area is 105 Å². The van der Waals surface area contributed by atoms with Crippen molar-refractivity contribution in [2.75, 3.05) is 13.1 Å². The molecule has 4 atom stereocenters. The van der Waals surface area contributed by atoms with E-state index in [1.165, 1.54) is 19.3 Å². The van der Waals surface area contributed by atoms with Gasteiger partial charge in [0.15, 0.2) is 0 Å². The van der Waals surface area contributed by atoms with Crippen LogP contribution in [0.15, 0.2) is 0 Å². The normalized spacial score (nSPS) is 38.0. The summed E-state index contributed by atoms with van der Waals surface area (Å²) in [7, 11) is 0. The molecule has 98 valence electrons. The van der Waals surface area contributed by atoms with Crippen molar-refractivity contribution in [3.8, 4) is 0 Å². The SMILES string of the molecule is CC1CCC(CNC(=O)C2CCC(C)NC2)C1. The maximum absolute atomic E-state index is 12.0. The number of carbonyl (C=O) groups is 1. The van der Waals surface area contributed by atoms with Gasteiger partial charge in [0.2, 0.25) is 5.91 Å². The number of hydrogen-bond donors (Lipinski definition) is 2. The standard InChI is InChI=1S/C14H26N2O/c1-10-3-5-12(7-10)8-16-14(17)13-6-4-11(2)15-9-13/h10-13,15H,3-9H2,1-2H3,(H,16,17). The molecule has 3 nitrogen and oxygen atoms in total. The van der Waals surface area contributed by atoms with Gasteiger partial charge in [-0.1, -0.05) is 13.3 Å². The Bertz CT molecular complexity index is 259. The topological polar surface area (TPSA) is 41.1 Å². The Morgan fingerprint density at radius 1 is 1.24 bits per heavy atom. The average molecular weight is 238 g/mol. The van der Waals surface area contributed by atoms with Crippen LogP contribution in [0, 0.1) is 17.8 Å². The van der Waals surface area contributed by atoms with Gasteiger partial charge in [0, 0.05) is 19.1 Å². The molecule has 2 N–H and O–H groups in total. The van der Waals surface area contributed by atoms with E-state index in [-0.39, 0.29) is 11.8 Å². The third kappa shape index (κ3) is 3.70. The van der Waals surface area contributed by atoms with Crippen LogP contribution in [0.3, 0.4) is 0 Å². The van der Waals surface area contributed by atoms with Crippen LogP contribution in [0.5, 0.6) is 0 Å². The highest BCUT2D eigenvalue weighted by Gasteiger charge is 2.26. The van der Waals surface area contributed by atoms with E-state index in [2.05, 4.69) is 24.5 Å². The predicted octanol–water partition coefficient (Wildman–Crippen LogP) is 1.93. The van der Waals surface area contributed by atoms with Crippen molar-refractivity contribution < 1.29 is 4.79 Å². The molecule has 1 saturated heterocycles. The molecule has 0 aromatic carbocycles. The molecule has 1 saturated carbocycles. The van der Waals surface area contributed by atoms with E-state index in [9.17, 15) is 4.79 Å². The highest BCUT2D eigenvalue weighted by molar-refractivity contribution is 5.78. The molecule has 2 fully saturated rings. The second kappa shape index (κ2) is 5.85. The number of piperidine rings is 1. The van der Waals surface area contributed by atoms with Crippen molar-refractivity contribution in [3.63, 3.8) is 0 Å². The Balaban J connectivity index is 1.67. The molecule has 0 aromatic heterocycles. The predicted molar refractivity (Wildman–Crippen MR) is 69.7 cm³/mol. The van der Waals surface area contributed by atoms with E-state index in [0.717, 1.165) is 37.8 Å². The van der Waals surface area contributed by atoms with Crippen molar-refractivity contribution in [2.24, 2.45) is 17.8 Å². The summed E-state index contributed by atoms with van der Waals surface area (Å²) in [5.41, 5.74) is 0. The molecular weight excluding hydrogens is 212 g/mol. The lowest BCUT2D eigenvalue weighted by atomic mass is 9.94. The highest BCUT2D eigenvalue weighted by Crippen LogP contribution is 2.29. The Morgan fingerprint density at radius 2 is 2.06 bits per heavy atom. The fourth-order valence-electron chi connectivity index (χ4n) is 3.12. The lowest BCUT2D eigenvalue weighted by Gasteiger charge is -2.27. The molecule has 0 aromatic rings. The molecule has 0 bridgehead atoms. The van der Waals surface area contributed by atoms with Crippen molar-refractivity contribution in [3.05, 3.63) is 0 Å². The minimum atomic E-state index is 0.199. The molecule has 2 aliphatic rings. The van der Waals surface area contributed by atoms with E-state index in [1.54, 1.807) is 0 Å². The van der Waals surface area contributed by atoms with Crippen LogP contribution in [-0.4, -0.2) is 25.0 Å². The van der Waals surface area contributed by atoms with Gasteiger partial charge < -0.3 is 10.6 Å². The molecule has 17 heavy (non-hydrogen) atoms. The first-order valence-corrected chi connectivity index (χ1v) is 7.16. The van der Waals surface area contributed by atoms with E-state index in [4.69, 9.17) is 0 Å². The summed E-state index contributed by atoms with van der Waals surface area (Å²) in [6, 6.07) is 0.578. The van der Waals surface area contributed by atoms with E-state index in [0.29, 0.717) is 6.04 Å². The van der Waals surface area contributed by atoms with Gasteiger partial charge >= 0.3 is 0 Å². The summed E-state index contributed by atoms with van der Waals surface area (Å²) in [5.74, 6) is 2.05. The van der Waals surface area contributed by atoms with Crippen molar-refractivity contribution in [1.82, 2.24) is 10.6 Å². The van der Waals surface area contributed by atoms with Crippen molar-refractivity contribution in [2.45, 2.75) is 52.0 Å². The second-order valence-electron chi connectivity index (χ2n) is 6.11. The van der Waals surface area contributed by atoms with E-state index in [1.807, 2.05) is 0 Å². The second-order valence-corrected chi connectivity index (χ2v) is 6.11. The first-order chi connectivity index (χ1) is 8.15. The number of hydrogen-bond acceptors (Lipinski definition) is 2. The van der Waals surface area contributed by atoms with Gasteiger partial charge in [0.1, 0.15) is 0 Å². The van der Waals surface area contributed by atoms with Crippen molar-refractivity contribution >= 4 is 5.91 Å². The fraction of sp³-hybridized carbons (Fsp3) is 0.929. The summed E-state index contributed by atoms with van der Waals surface area (Å²) in [5, 5.41) is 6.54. The monoisotopic (exact) mass is 238 g/mol. The highest BCUT2D eigenvalue weighted by atomic mass is 16.1. The number of nitrogens with one attached hydrogen (secondary N) is 2. The smallest absolute Gasteiger partial charge is 0.224 e. The van der Waals surface area contributed by atoms with Gasteiger partial charge in [0.25, 0.3) is 0 Å². The Morgan fingerprint density at radius 3 is 2.65 bits per heavy atom. The molecule has 4 unspecified atom stereocenters. The average Bonchev–Trinajstić information content (AvgIpc) is 2.73. The van der Waals surface area contributed by atoms with E-state index >= 15 is 0 Å². The summed E-state index contributed by atoms with van der Waals surface area (Å²) in [6.07, 6.45) is 6.09. The number of carbonyl (C=O) groups excluding carboxylic acids is 1. The molecule has 0 spiro atoms. The largest absolute Gasteiger partial charge is 0.356 e. The quantitative estimate of drug-likeness (QED) is 0.789. The summed E-state index contributed by atoms with van der Waals surface area (Å²) in [4.78, 5) is 12.0. The number of rotatable bonds is 3. The molecular formula is C14H26N2O. The summed E-state index contributed by atoms with van der Waals surface area (Å²) < 4.78 is 0. The van der Waals surface area contributed by atoms with Gasteiger partial charge in [-0.15, -0.1) is 0 Å². The maximum Gasteiger partial charge on any atom is 0.224 e. The zero-order valence-corrected chi connectivity index (χ0v) is 11.2. The zero-order valence-electron chi connectivity index (χ0n) is 11.2. The Hall–Kier alpha value is -0.570. The van der Waals surface area contributed by atoms with E-state index < -0.39 is 0 Å². The van der Waals surface area contributed by atoms with Gasteiger partial charge in [-0.3, -0.25) is 4.79 Å². The molecule has 1 aliphatic carbocycles. The lowest BCUT2D eigenvalue weighted by molar-refractivity contribution is -0.125. The molecule has 1 amide bonds. The van der Waals surface area contributed by atoms with Crippen LogP contribution < -0.4 is 10.6 Å². The van der Waals surface area contributed by atoms with Crippen LogP contribution in [-0.2, 0) is 4.79 Å². The molecule has 1 heterocycles. The van der Waals surface area contributed by atoms with Crippen molar-refractivity contribution in [1.29, 1.82) is 0 Å². The van der Waals surface area contributed by atoms with Crippen LogP contribution in [0.1, 0.15) is 46.0 Å². The number of amides is 1. The molecule has 2 rings (SSSR count). The van der Waals surface area contributed by atoms with Gasteiger partial charge in [-0.25, -0.2) is 0 Å². The van der Waals surface area contributed by atoms with Gasteiger partial charge in [-0.05, 0) is 44.4 Å². The zero-order chi connectivity index (χ0) is 12.3. The molecule has 0 radical (unpaired) electrons.